The van der Waals surface area contributed by atoms with E-state index in [1.165, 1.54) is 0 Å². The summed E-state index contributed by atoms with van der Waals surface area (Å²) in [5.74, 6) is 1.37. The molecular weight excluding hydrogens is 302 g/mol. The Kier molecular flexibility index (Phi) is 3.84. The number of carbonyl (C=O) groups excluding carboxylic acids is 1. The molecule has 126 valence electrons. The normalized spacial score (nSPS) is 24.4. The van der Waals surface area contributed by atoms with Crippen molar-refractivity contribution in [3.63, 3.8) is 0 Å². The average molecular weight is 325 g/mol. The van der Waals surface area contributed by atoms with Crippen molar-refractivity contribution in [1.82, 2.24) is 24.3 Å². The lowest BCUT2D eigenvalue weighted by molar-refractivity contribution is -0.136. The van der Waals surface area contributed by atoms with Crippen LogP contribution in [0.2, 0.25) is 0 Å². The Morgan fingerprint density at radius 3 is 2.83 bits per heavy atom. The van der Waals surface area contributed by atoms with Crippen LogP contribution in [-0.4, -0.2) is 49.9 Å². The van der Waals surface area contributed by atoms with E-state index in [1.54, 1.807) is 6.20 Å². The zero-order valence-corrected chi connectivity index (χ0v) is 14.1. The Morgan fingerprint density at radius 1 is 1.21 bits per heavy atom. The van der Waals surface area contributed by atoms with Gasteiger partial charge in [0.25, 0.3) is 0 Å². The highest BCUT2D eigenvalue weighted by molar-refractivity contribution is 5.85. The molecular formula is C18H23N5O. The van der Waals surface area contributed by atoms with E-state index < -0.39 is 0 Å². The maximum Gasteiger partial charge on any atom is 0.230 e. The van der Waals surface area contributed by atoms with Gasteiger partial charge in [-0.2, -0.15) is 0 Å². The molecule has 2 fully saturated rings. The number of hydrogen-bond acceptors (Lipinski definition) is 4. The van der Waals surface area contributed by atoms with Crippen molar-refractivity contribution in [2.45, 2.75) is 25.9 Å². The zero-order chi connectivity index (χ0) is 16.6. The van der Waals surface area contributed by atoms with Gasteiger partial charge in [0.15, 0.2) is 0 Å². The van der Waals surface area contributed by atoms with Gasteiger partial charge in [-0.1, -0.05) is 6.07 Å². The molecule has 0 unspecified atom stereocenters. The molecule has 6 nitrogen and oxygen atoms in total. The molecule has 0 N–H and O–H groups in total. The van der Waals surface area contributed by atoms with Gasteiger partial charge in [0, 0.05) is 51.5 Å². The van der Waals surface area contributed by atoms with E-state index in [0.29, 0.717) is 12.5 Å². The Balaban J connectivity index is 1.41. The topological polar surface area (TPSA) is 54.3 Å². The highest BCUT2D eigenvalue weighted by atomic mass is 16.2. The minimum atomic E-state index is -0.187. The number of imidazole rings is 1. The van der Waals surface area contributed by atoms with Gasteiger partial charge < -0.3 is 9.47 Å². The molecule has 24 heavy (non-hydrogen) atoms. The van der Waals surface area contributed by atoms with Gasteiger partial charge in [0.1, 0.15) is 5.82 Å². The predicted octanol–water partition coefficient (Wildman–Crippen LogP) is 1.44. The van der Waals surface area contributed by atoms with E-state index in [2.05, 4.69) is 19.4 Å². The third-order valence-corrected chi connectivity index (χ3v) is 5.42. The molecule has 0 radical (unpaired) electrons. The summed E-state index contributed by atoms with van der Waals surface area (Å²) in [6.07, 6.45) is 9.33. The molecule has 0 aliphatic carbocycles. The van der Waals surface area contributed by atoms with Crippen LogP contribution in [0.4, 0.5) is 0 Å². The van der Waals surface area contributed by atoms with Crippen LogP contribution in [0.5, 0.6) is 0 Å². The largest absolute Gasteiger partial charge is 0.338 e. The summed E-state index contributed by atoms with van der Waals surface area (Å²) >= 11 is 0. The fraction of sp³-hybridized carbons (Fsp3) is 0.500. The Labute approximate surface area is 142 Å². The molecule has 1 amide bonds. The first kappa shape index (κ1) is 15.3. The highest BCUT2D eigenvalue weighted by Crippen LogP contribution is 2.41. The molecule has 0 bridgehead atoms. The van der Waals surface area contributed by atoms with Gasteiger partial charge in [-0.05, 0) is 31.0 Å². The maximum atomic E-state index is 13.0. The van der Waals surface area contributed by atoms with Gasteiger partial charge >= 0.3 is 0 Å². The lowest BCUT2D eigenvalue weighted by Crippen LogP contribution is -2.36. The SMILES string of the molecule is Cn1ccnc1CN1CC[C@@]2(CCN(Cc3cccnc3)C2=O)C1. The van der Waals surface area contributed by atoms with Crippen molar-refractivity contribution in [1.29, 1.82) is 0 Å². The van der Waals surface area contributed by atoms with Gasteiger partial charge in [0.2, 0.25) is 5.91 Å². The van der Waals surface area contributed by atoms with Crippen LogP contribution in [0, 0.1) is 5.41 Å². The van der Waals surface area contributed by atoms with Crippen molar-refractivity contribution in [3.05, 3.63) is 48.3 Å². The van der Waals surface area contributed by atoms with E-state index in [0.717, 1.165) is 50.4 Å². The maximum absolute atomic E-state index is 13.0. The van der Waals surface area contributed by atoms with Gasteiger partial charge in [0.05, 0.1) is 12.0 Å². The molecule has 4 rings (SSSR count). The molecule has 0 aromatic carbocycles. The second kappa shape index (κ2) is 6.02. The summed E-state index contributed by atoms with van der Waals surface area (Å²) < 4.78 is 2.05. The summed E-state index contributed by atoms with van der Waals surface area (Å²) in [5.41, 5.74) is 0.915. The van der Waals surface area contributed by atoms with E-state index >= 15 is 0 Å². The first-order valence-corrected chi connectivity index (χ1v) is 8.53. The molecule has 2 aromatic rings. The van der Waals surface area contributed by atoms with E-state index in [4.69, 9.17) is 0 Å². The summed E-state index contributed by atoms with van der Waals surface area (Å²) in [4.78, 5) is 25.9. The predicted molar refractivity (Wildman–Crippen MR) is 89.8 cm³/mol. The number of nitrogens with zero attached hydrogens (tertiary/aromatic N) is 5. The minimum absolute atomic E-state index is 0.187. The fourth-order valence-electron chi connectivity index (χ4n) is 3.98. The van der Waals surface area contributed by atoms with Crippen molar-refractivity contribution < 1.29 is 4.79 Å². The lowest BCUT2D eigenvalue weighted by atomic mass is 9.85. The highest BCUT2D eigenvalue weighted by Gasteiger charge is 2.50. The van der Waals surface area contributed by atoms with Gasteiger partial charge in [-0.3, -0.25) is 14.7 Å². The molecule has 2 saturated heterocycles. The van der Waals surface area contributed by atoms with E-state index in [1.807, 2.05) is 42.7 Å². The second-order valence-electron chi connectivity index (χ2n) is 7.03. The summed E-state index contributed by atoms with van der Waals surface area (Å²) in [5, 5.41) is 0. The number of pyridine rings is 1. The van der Waals surface area contributed by atoms with Crippen molar-refractivity contribution in [2.75, 3.05) is 19.6 Å². The molecule has 2 aromatic heterocycles. The Bertz CT molecular complexity index is 728. The zero-order valence-electron chi connectivity index (χ0n) is 14.1. The third-order valence-electron chi connectivity index (χ3n) is 5.42. The number of likely N-dealkylation sites (tertiary alicyclic amines) is 2. The van der Waals surface area contributed by atoms with Crippen LogP contribution >= 0.6 is 0 Å². The molecule has 6 heteroatoms. The molecule has 1 atom stereocenters. The number of amides is 1. The molecule has 4 heterocycles. The summed E-state index contributed by atoms with van der Waals surface area (Å²) in [7, 11) is 2.02. The van der Waals surface area contributed by atoms with E-state index in [9.17, 15) is 4.79 Å². The third kappa shape index (κ3) is 2.71. The summed E-state index contributed by atoms with van der Waals surface area (Å²) in [6.45, 7) is 4.17. The number of carbonyl (C=O) groups is 1. The summed E-state index contributed by atoms with van der Waals surface area (Å²) in [6, 6.07) is 3.96. The second-order valence-corrected chi connectivity index (χ2v) is 7.03. The standard InChI is InChI=1S/C18H23N5O/c1-21-10-7-20-16(21)13-22-8-4-18(14-22)5-9-23(17(18)24)12-15-3-2-6-19-11-15/h2-3,6-7,10-11H,4-5,8-9,12-14H2,1H3/t18-/m1/s1. The monoisotopic (exact) mass is 325 g/mol. The van der Waals surface area contributed by atoms with Crippen LogP contribution in [0.3, 0.4) is 0 Å². The Morgan fingerprint density at radius 2 is 2.08 bits per heavy atom. The first-order valence-electron chi connectivity index (χ1n) is 8.53. The lowest BCUT2D eigenvalue weighted by Gasteiger charge is -2.23. The van der Waals surface area contributed by atoms with Crippen LogP contribution in [0.15, 0.2) is 36.9 Å². The first-order chi connectivity index (χ1) is 11.7. The average Bonchev–Trinajstić information content (AvgIpc) is 3.27. The van der Waals surface area contributed by atoms with Crippen molar-refractivity contribution in [2.24, 2.45) is 12.5 Å². The fourth-order valence-corrected chi connectivity index (χ4v) is 3.98. The number of hydrogen-bond donors (Lipinski definition) is 0. The van der Waals surface area contributed by atoms with Crippen LogP contribution < -0.4 is 0 Å². The molecule has 2 aliphatic rings. The van der Waals surface area contributed by atoms with Gasteiger partial charge in [-0.25, -0.2) is 4.98 Å². The van der Waals surface area contributed by atoms with Crippen molar-refractivity contribution in [3.8, 4) is 0 Å². The Hall–Kier alpha value is -2.21. The van der Waals surface area contributed by atoms with Crippen LogP contribution in [0.1, 0.15) is 24.2 Å². The van der Waals surface area contributed by atoms with Gasteiger partial charge in [-0.15, -0.1) is 0 Å². The number of rotatable bonds is 4. The molecule has 1 spiro atoms. The molecule has 2 aliphatic heterocycles. The number of aromatic nitrogens is 3. The van der Waals surface area contributed by atoms with Crippen LogP contribution in [0.25, 0.3) is 0 Å². The van der Waals surface area contributed by atoms with Crippen molar-refractivity contribution >= 4 is 5.91 Å². The smallest absolute Gasteiger partial charge is 0.230 e. The minimum Gasteiger partial charge on any atom is -0.338 e. The quantitative estimate of drug-likeness (QED) is 0.853. The van der Waals surface area contributed by atoms with E-state index in [-0.39, 0.29) is 5.41 Å². The number of aryl methyl sites for hydroxylation is 1. The molecule has 0 saturated carbocycles. The van der Waals surface area contributed by atoms with Crippen LogP contribution in [-0.2, 0) is 24.9 Å².